The van der Waals surface area contributed by atoms with Gasteiger partial charge in [0.1, 0.15) is 22.7 Å². The van der Waals surface area contributed by atoms with E-state index in [4.69, 9.17) is 8.83 Å². The molecule has 0 aliphatic heterocycles. The minimum Gasteiger partial charge on any atom is -0.480 e. The molecule has 0 spiro atoms. The van der Waals surface area contributed by atoms with Gasteiger partial charge in [-0.1, -0.05) is 54.7 Å². The average molecular weight is 564 g/mol. The molecule has 10 nitrogen and oxygen atoms in total. The smallest absolute Gasteiger partial charge is 0.349 e. The number of rotatable bonds is 8. The first kappa shape index (κ1) is 27.8. The minimum absolute atomic E-state index is 0.0242. The Morgan fingerprint density at radius 2 is 1.79 bits per heavy atom. The highest BCUT2D eigenvalue weighted by atomic mass is 16.4. The number of hydrogen-bond acceptors (Lipinski definition) is 7. The number of fused-ring (bicyclic) bond motifs is 2. The van der Waals surface area contributed by atoms with E-state index < -0.39 is 29.5 Å². The summed E-state index contributed by atoms with van der Waals surface area (Å²) in [6, 6.07) is 10.1. The molecule has 0 saturated heterocycles. The zero-order chi connectivity index (χ0) is 29.6. The number of oxazole rings is 1. The molecule has 0 radical (unpaired) electrons. The van der Waals surface area contributed by atoms with Gasteiger partial charge in [-0.2, -0.15) is 0 Å². The molecule has 1 unspecified atom stereocenters. The molecule has 1 atom stereocenters. The molecule has 5 rings (SSSR count). The van der Waals surface area contributed by atoms with E-state index in [1.54, 1.807) is 18.2 Å². The van der Waals surface area contributed by atoms with Gasteiger partial charge < -0.3 is 24.6 Å². The third kappa shape index (κ3) is 6.50. The van der Waals surface area contributed by atoms with Crippen LogP contribution in [-0.2, 0) is 9.59 Å². The van der Waals surface area contributed by atoms with Crippen LogP contribution in [0.25, 0.3) is 33.5 Å². The molecule has 4 aromatic rings. The molecule has 0 saturated carbocycles. The van der Waals surface area contributed by atoms with Gasteiger partial charge in [-0.3, -0.25) is 9.59 Å². The Balaban J connectivity index is 1.27. The number of aryl methyl sites for hydroxylation is 1. The van der Waals surface area contributed by atoms with Crippen molar-refractivity contribution < 1.29 is 28.3 Å². The van der Waals surface area contributed by atoms with E-state index in [0.29, 0.717) is 16.6 Å². The summed E-state index contributed by atoms with van der Waals surface area (Å²) in [7, 11) is 0. The lowest BCUT2D eigenvalue weighted by atomic mass is 10.1. The molecular weight excluding hydrogens is 538 g/mol. The number of nitrogens with zero attached hydrogens (tertiary/aromatic N) is 1. The Labute approximate surface area is 239 Å². The summed E-state index contributed by atoms with van der Waals surface area (Å²) in [6.45, 7) is 1.55. The first-order valence-electron chi connectivity index (χ1n) is 12.9. The standard InChI is InChI=1S/C32H25N3O7/c1-19-9-11-21-16-23(32(40)42-27(21)15-19)30-35-24-17-22(12-13-26(24)41-30)29(37)34-25(31(38)39)18-33-28(36)14-10-20-7-5-3-2-4-6-8-20/h2-17,25H,18H2,1H3,(H,33,36)(H,34,37)(H,38,39)/b3-2+,4-2?,5-3?,6-4-,7-5+,8-6?,14-10+,20-7?,20-8+. The molecule has 1 aliphatic carbocycles. The fourth-order valence-electron chi connectivity index (χ4n) is 4.12. The number of carbonyl (C=O) groups is 3. The van der Waals surface area contributed by atoms with Crippen molar-refractivity contribution in [2.24, 2.45) is 0 Å². The molecule has 0 fully saturated rings. The van der Waals surface area contributed by atoms with Crippen molar-refractivity contribution in [1.29, 1.82) is 0 Å². The number of amides is 2. The van der Waals surface area contributed by atoms with Crippen molar-refractivity contribution in [2.45, 2.75) is 13.0 Å². The maximum absolute atomic E-state index is 12.9. The maximum Gasteiger partial charge on any atom is 0.349 e. The van der Waals surface area contributed by atoms with Crippen LogP contribution in [0.4, 0.5) is 0 Å². The molecule has 0 bridgehead atoms. The number of aromatic nitrogens is 1. The van der Waals surface area contributed by atoms with Crippen LogP contribution in [0.2, 0.25) is 0 Å². The first-order chi connectivity index (χ1) is 20.3. The lowest BCUT2D eigenvalue weighted by Crippen LogP contribution is -2.48. The van der Waals surface area contributed by atoms with Crippen LogP contribution < -0.4 is 16.3 Å². The van der Waals surface area contributed by atoms with Crippen molar-refractivity contribution in [3.63, 3.8) is 0 Å². The molecule has 42 heavy (non-hydrogen) atoms. The molecular formula is C32H25N3O7. The van der Waals surface area contributed by atoms with E-state index in [1.807, 2.05) is 61.6 Å². The number of carboxylic acids is 1. The normalized spacial score (nSPS) is 17.1. The molecule has 2 heterocycles. The number of benzene rings is 2. The summed E-state index contributed by atoms with van der Waals surface area (Å²) >= 11 is 0. The quantitative estimate of drug-likeness (QED) is 0.211. The van der Waals surface area contributed by atoms with Gasteiger partial charge in [0, 0.05) is 23.6 Å². The highest BCUT2D eigenvalue weighted by molar-refractivity contribution is 5.99. The fourth-order valence-corrected chi connectivity index (χ4v) is 4.12. The van der Waals surface area contributed by atoms with E-state index in [9.17, 15) is 24.3 Å². The van der Waals surface area contributed by atoms with Crippen LogP contribution in [0.3, 0.4) is 0 Å². The second-order valence-corrected chi connectivity index (χ2v) is 9.43. The maximum atomic E-state index is 12.9. The first-order valence-corrected chi connectivity index (χ1v) is 12.9. The van der Waals surface area contributed by atoms with Gasteiger partial charge in [0.05, 0.1) is 0 Å². The second kappa shape index (κ2) is 12.2. The number of hydrogen-bond donors (Lipinski definition) is 3. The Hall–Kier alpha value is -5.77. The van der Waals surface area contributed by atoms with Gasteiger partial charge >= 0.3 is 11.6 Å². The third-order valence-corrected chi connectivity index (χ3v) is 6.30. The van der Waals surface area contributed by atoms with Crippen molar-refractivity contribution in [1.82, 2.24) is 15.6 Å². The fraction of sp³-hybridized carbons (Fsp3) is 0.0938. The lowest BCUT2D eigenvalue weighted by Gasteiger charge is -2.14. The summed E-state index contributed by atoms with van der Waals surface area (Å²) in [6.07, 6.45) is 15.7. The topological polar surface area (TPSA) is 152 Å². The molecule has 10 heteroatoms. The molecule has 2 aromatic heterocycles. The largest absolute Gasteiger partial charge is 0.480 e. The highest BCUT2D eigenvalue weighted by Gasteiger charge is 2.22. The zero-order valence-corrected chi connectivity index (χ0v) is 22.4. The average Bonchev–Trinajstić information content (AvgIpc) is 3.37. The van der Waals surface area contributed by atoms with Gasteiger partial charge in [0.25, 0.3) is 5.91 Å². The van der Waals surface area contributed by atoms with Crippen LogP contribution in [0.15, 0.2) is 116 Å². The van der Waals surface area contributed by atoms with Gasteiger partial charge in [-0.15, -0.1) is 0 Å². The molecule has 3 N–H and O–H groups in total. The second-order valence-electron chi connectivity index (χ2n) is 9.43. The van der Waals surface area contributed by atoms with Crippen LogP contribution in [-0.4, -0.2) is 40.5 Å². The summed E-state index contributed by atoms with van der Waals surface area (Å²) in [5, 5.41) is 15.2. The number of carboxylic acid groups (broad SMARTS) is 1. The summed E-state index contributed by atoms with van der Waals surface area (Å²) in [4.78, 5) is 53.9. The van der Waals surface area contributed by atoms with Crippen LogP contribution in [0, 0.1) is 6.92 Å². The van der Waals surface area contributed by atoms with Crippen molar-refractivity contribution in [2.75, 3.05) is 6.54 Å². The van der Waals surface area contributed by atoms with E-state index in [-0.39, 0.29) is 29.1 Å². The molecule has 210 valence electrons. The van der Waals surface area contributed by atoms with Crippen LogP contribution in [0.5, 0.6) is 0 Å². The van der Waals surface area contributed by atoms with E-state index >= 15 is 0 Å². The Morgan fingerprint density at radius 1 is 0.976 bits per heavy atom. The van der Waals surface area contributed by atoms with E-state index in [2.05, 4.69) is 15.6 Å². The predicted molar refractivity (Wildman–Crippen MR) is 157 cm³/mol. The highest BCUT2D eigenvalue weighted by Crippen LogP contribution is 2.26. The summed E-state index contributed by atoms with van der Waals surface area (Å²) in [5.74, 6) is -2.51. The lowest BCUT2D eigenvalue weighted by molar-refractivity contribution is -0.139. The number of nitrogens with one attached hydrogen (secondary N) is 2. The van der Waals surface area contributed by atoms with Crippen LogP contribution >= 0.6 is 0 Å². The van der Waals surface area contributed by atoms with Gasteiger partial charge in [0.15, 0.2) is 5.58 Å². The predicted octanol–water partition coefficient (Wildman–Crippen LogP) is 4.37. The molecule has 2 amide bonds. The van der Waals surface area contributed by atoms with E-state index in [1.165, 1.54) is 24.3 Å². The molecule has 2 aromatic carbocycles. The van der Waals surface area contributed by atoms with E-state index in [0.717, 1.165) is 11.1 Å². The minimum atomic E-state index is -1.39. The van der Waals surface area contributed by atoms with Crippen molar-refractivity contribution in [3.05, 3.63) is 124 Å². The van der Waals surface area contributed by atoms with Gasteiger partial charge in [-0.25, -0.2) is 14.6 Å². The molecule has 1 aliphatic rings. The summed E-state index contributed by atoms with van der Waals surface area (Å²) < 4.78 is 11.2. The van der Waals surface area contributed by atoms with Gasteiger partial charge in [-0.05, 0) is 54.5 Å². The summed E-state index contributed by atoms with van der Waals surface area (Å²) in [5.41, 5.74) is 2.39. The number of aliphatic carboxylic acids is 1. The Bertz CT molecular complexity index is 1920. The monoisotopic (exact) mass is 563 g/mol. The Kier molecular flexibility index (Phi) is 8.05. The number of allylic oxidation sites excluding steroid dienone is 9. The van der Waals surface area contributed by atoms with Crippen LogP contribution in [0.1, 0.15) is 15.9 Å². The third-order valence-electron chi connectivity index (χ3n) is 6.30. The number of carbonyl (C=O) groups excluding carboxylic acids is 2. The zero-order valence-electron chi connectivity index (χ0n) is 22.4. The van der Waals surface area contributed by atoms with Crippen molar-refractivity contribution >= 4 is 39.9 Å². The van der Waals surface area contributed by atoms with Gasteiger partial charge in [0.2, 0.25) is 11.8 Å². The SMILES string of the molecule is Cc1ccc2cc(-c3nc4cc(C(=O)NC(CNC(=O)/C=C/C5=C/C=C\C=C\C=C\5)C(=O)O)ccc4o3)c(=O)oc2c1. The Morgan fingerprint density at radius 3 is 2.62 bits per heavy atom. The van der Waals surface area contributed by atoms with Crippen molar-refractivity contribution in [3.8, 4) is 11.5 Å².